The molecule has 0 aromatic heterocycles. The predicted molar refractivity (Wildman–Crippen MR) is 75.0 cm³/mol. The van der Waals surface area contributed by atoms with Gasteiger partial charge in [0.2, 0.25) is 10.0 Å². The van der Waals surface area contributed by atoms with Gasteiger partial charge in [-0.3, -0.25) is 0 Å². The standard InChI is InChI=1S/C10H13Br2NO3S/c1-7(13-17(14,15)6-11)8-3-4-10(16-2)9(12)5-8/h3-5,7,13H,6H2,1-2H3. The van der Waals surface area contributed by atoms with Gasteiger partial charge in [0.25, 0.3) is 0 Å². The maximum Gasteiger partial charge on any atom is 0.222 e. The van der Waals surface area contributed by atoms with Crippen LogP contribution in [0.3, 0.4) is 0 Å². The first-order valence-corrected chi connectivity index (χ1v) is 8.35. The van der Waals surface area contributed by atoms with Crippen LogP contribution >= 0.6 is 31.9 Å². The molecule has 0 aliphatic rings. The van der Waals surface area contributed by atoms with Gasteiger partial charge in [0, 0.05) is 6.04 Å². The van der Waals surface area contributed by atoms with E-state index in [1.54, 1.807) is 20.1 Å². The van der Waals surface area contributed by atoms with Crippen molar-refractivity contribution in [2.75, 3.05) is 11.8 Å². The van der Waals surface area contributed by atoms with Crippen LogP contribution in [0.25, 0.3) is 0 Å². The maximum absolute atomic E-state index is 11.4. The smallest absolute Gasteiger partial charge is 0.222 e. The fraction of sp³-hybridized carbons (Fsp3) is 0.400. The van der Waals surface area contributed by atoms with E-state index in [0.717, 1.165) is 10.0 Å². The molecule has 0 aliphatic heterocycles. The first-order chi connectivity index (χ1) is 7.89. The summed E-state index contributed by atoms with van der Waals surface area (Å²) in [4.78, 5) is 0. The zero-order valence-corrected chi connectivity index (χ0v) is 13.4. The molecule has 0 saturated heterocycles. The van der Waals surface area contributed by atoms with Crippen molar-refractivity contribution in [3.8, 4) is 5.75 Å². The molecule has 17 heavy (non-hydrogen) atoms. The molecule has 1 rings (SSSR count). The van der Waals surface area contributed by atoms with E-state index in [1.165, 1.54) is 0 Å². The van der Waals surface area contributed by atoms with Gasteiger partial charge in [0.15, 0.2) is 0 Å². The van der Waals surface area contributed by atoms with Gasteiger partial charge in [-0.25, -0.2) is 13.1 Å². The average Bonchev–Trinajstić information content (AvgIpc) is 2.28. The highest BCUT2D eigenvalue weighted by Crippen LogP contribution is 2.28. The van der Waals surface area contributed by atoms with E-state index in [0.29, 0.717) is 5.75 Å². The molecule has 4 nitrogen and oxygen atoms in total. The molecule has 0 saturated carbocycles. The van der Waals surface area contributed by atoms with Crippen LogP contribution in [-0.2, 0) is 10.0 Å². The van der Waals surface area contributed by atoms with Crippen molar-refractivity contribution in [1.82, 2.24) is 4.72 Å². The highest BCUT2D eigenvalue weighted by molar-refractivity contribution is 9.11. The summed E-state index contributed by atoms with van der Waals surface area (Å²) in [7, 11) is -1.70. The molecule has 1 unspecified atom stereocenters. The van der Waals surface area contributed by atoms with E-state index in [9.17, 15) is 8.42 Å². The second kappa shape index (κ2) is 6.17. The second-order valence-corrected chi connectivity index (χ2v) is 7.37. The van der Waals surface area contributed by atoms with Crippen LogP contribution in [0.4, 0.5) is 0 Å². The predicted octanol–water partition coefficient (Wildman–Crippen LogP) is 2.79. The largest absolute Gasteiger partial charge is 0.496 e. The molecule has 1 atom stereocenters. The van der Waals surface area contributed by atoms with Crippen LogP contribution in [0.2, 0.25) is 0 Å². The van der Waals surface area contributed by atoms with Gasteiger partial charge < -0.3 is 4.74 Å². The number of ether oxygens (including phenoxy) is 1. The van der Waals surface area contributed by atoms with E-state index < -0.39 is 10.0 Å². The topological polar surface area (TPSA) is 55.4 Å². The molecule has 0 fully saturated rings. The highest BCUT2D eigenvalue weighted by atomic mass is 79.9. The van der Waals surface area contributed by atoms with Crippen LogP contribution in [0, 0.1) is 0 Å². The number of benzene rings is 1. The van der Waals surface area contributed by atoms with Crippen LogP contribution in [0.15, 0.2) is 22.7 Å². The Hall–Kier alpha value is -0.110. The second-order valence-electron chi connectivity index (χ2n) is 3.46. The lowest BCUT2D eigenvalue weighted by molar-refractivity contribution is 0.412. The van der Waals surface area contributed by atoms with Crippen molar-refractivity contribution in [2.24, 2.45) is 0 Å². The highest BCUT2D eigenvalue weighted by Gasteiger charge is 2.15. The number of rotatable bonds is 5. The number of hydrogen-bond acceptors (Lipinski definition) is 3. The lowest BCUT2D eigenvalue weighted by Gasteiger charge is -2.14. The first kappa shape index (κ1) is 14.9. The summed E-state index contributed by atoms with van der Waals surface area (Å²) in [6.07, 6.45) is 0. The summed E-state index contributed by atoms with van der Waals surface area (Å²) >= 11 is 6.29. The molecule has 1 N–H and O–H groups in total. The van der Waals surface area contributed by atoms with Crippen LogP contribution in [0.1, 0.15) is 18.5 Å². The molecule has 0 heterocycles. The monoisotopic (exact) mass is 385 g/mol. The molecular formula is C10H13Br2NO3S. The number of nitrogens with one attached hydrogen (secondary N) is 1. The SMILES string of the molecule is COc1ccc(C(C)NS(=O)(=O)CBr)cc1Br. The minimum atomic E-state index is -3.28. The Balaban J connectivity index is 2.90. The van der Waals surface area contributed by atoms with E-state index >= 15 is 0 Å². The minimum absolute atomic E-state index is 0.109. The molecule has 7 heteroatoms. The summed E-state index contributed by atoms with van der Waals surface area (Å²) in [5.41, 5.74) is 0.863. The molecule has 96 valence electrons. The Morgan fingerprint density at radius 1 is 1.47 bits per heavy atom. The van der Waals surface area contributed by atoms with Gasteiger partial charge in [0.1, 0.15) is 10.4 Å². The summed E-state index contributed by atoms with van der Waals surface area (Å²) < 4.78 is 31.1. The first-order valence-electron chi connectivity index (χ1n) is 4.79. The average molecular weight is 387 g/mol. The Kier molecular flexibility index (Phi) is 5.43. The van der Waals surface area contributed by atoms with Crippen LogP contribution in [-0.4, -0.2) is 20.2 Å². The molecule has 0 aliphatic carbocycles. The van der Waals surface area contributed by atoms with E-state index in [-0.39, 0.29) is 10.7 Å². The third kappa shape index (κ3) is 4.24. The molecule has 0 spiro atoms. The quantitative estimate of drug-likeness (QED) is 0.791. The van der Waals surface area contributed by atoms with Crippen molar-refractivity contribution in [3.05, 3.63) is 28.2 Å². The van der Waals surface area contributed by atoms with Crippen molar-refractivity contribution in [3.63, 3.8) is 0 Å². The molecule has 1 aromatic carbocycles. The normalized spacial score (nSPS) is 13.4. The Labute approximate surface area is 118 Å². The summed E-state index contributed by atoms with van der Waals surface area (Å²) in [5.74, 6) is 0.712. The van der Waals surface area contributed by atoms with E-state index in [1.807, 2.05) is 12.1 Å². The fourth-order valence-corrected chi connectivity index (χ4v) is 3.01. The van der Waals surface area contributed by atoms with Gasteiger partial charge in [-0.05, 0) is 40.5 Å². The van der Waals surface area contributed by atoms with Crippen molar-refractivity contribution < 1.29 is 13.2 Å². The van der Waals surface area contributed by atoms with Gasteiger partial charge in [-0.15, -0.1) is 0 Å². The van der Waals surface area contributed by atoms with Gasteiger partial charge >= 0.3 is 0 Å². The molecule has 0 bridgehead atoms. The summed E-state index contributed by atoms with van der Waals surface area (Å²) in [6, 6.07) is 5.16. The molecule has 0 radical (unpaired) electrons. The zero-order valence-electron chi connectivity index (χ0n) is 9.41. The molecular weight excluding hydrogens is 374 g/mol. The van der Waals surface area contributed by atoms with Crippen molar-refractivity contribution >= 4 is 41.9 Å². The maximum atomic E-state index is 11.4. The van der Waals surface area contributed by atoms with Gasteiger partial charge in [-0.2, -0.15) is 0 Å². The van der Waals surface area contributed by atoms with Crippen LogP contribution < -0.4 is 9.46 Å². The van der Waals surface area contributed by atoms with Gasteiger partial charge in [0.05, 0.1) is 11.6 Å². The summed E-state index contributed by atoms with van der Waals surface area (Å²) in [6.45, 7) is 1.79. The Morgan fingerprint density at radius 2 is 2.12 bits per heavy atom. The summed E-state index contributed by atoms with van der Waals surface area (Å²) in [5, 5.41) is 0. The molecule has 0 amide bonds. The minimum Gasteiger partial charge on any atom is -0.496 e. The van der Waals surface area contributed by atoms with Crippen molar-refractivity contribution in [2.45, 2.75) is 13.0 Å². The number of methoxy groups -OCH3 is 1. The number of sulfonamides is 1. The molecule has 1 aromatic rings. The third-order valence-corrected chi connectivity index (χ3v) is 5.60. The van der Waals surface area contributed by atoms with E-state index in [2.05, 4.69) is 36.6 Å². The Morgan fingerprint density at radius 3 is 2.59 bits per heavy atom. The van der Waals surface area contributed by atoms with Crippen LogP contribution in [0.5, 0.6) is 5.75 Å². The van der Waals surface area contributed by atoms with Gasteiger partial charge in [-0.1, -0.05) is 22.0 Å². The van der Waals surface area contributed by atoms with E-state index in [4.69, 9.17) is 4.74 Å². The number of alkyl halides is 1. The number of hydrogen-bond donors (Lipinski definition) is 1. The Bertz CT molecular complexity index is 490. The zero-order chi connectivity index (χ0) is 13.1. The third-order valence-electron chi connectivity index (χ3n) is 2.18. The van der Waals surface area contributed by atoms with Crippen molar-refractivity contribution in [1.29, 1.82) is 0 Å². The fourth-order valence-electron chi connectivity index (χ4n) is 1.32. The lowest BCUT2D eigenvalue weighted by Crippen LogP contribution is -2.27. The number of halogens is 2. The lowest BCUT2D eigenvalue weighted by atomic mass is 10.1.